The lowest BCUT2D eigenvalue weighted by Gasteiger charge is -2.24. The van der Waals surface area contributed by atoms with Crippen LogP contribution < -0.4 is 11.1 Å². The summed E-state index contributed by atoms with van der Waals surface area (Å²) in [6, 6.07) is 6.86. The number of carbonyl (C=O) groups is 3. The second-order valence-electron chi connectivity index (χ2n) is 7.82. The molecule has 4 amide bonds. The van der Waals surface area contributed by atoms with E-state index in [0.29, 0.717) is 24.4 Å². The van der Waals surface area contributed by atoms with Crippen LogP contribution >= 0.6 is 0 Å². The summed E-state index contributed by atoms with van der Waals surface area (Å²) in [5.41, 5.74) is 6.61. The number of hydrogen-bond acceptors (Lipinski definition) is 4. The lowest BCUT2D eigenvalue weighted by molar-refractivity contribution is -0.138. The Labute approximate surface area is 160 Å². The monoisotopic (exact) mass is 374 g/mol. The summed E-state index contributed by atoms with van der Waals surface area (Å²) in [6.45, 7) is 7.88. The molecular weight excluding hydrogens is 344 g/mol. The summed E-state index contributed by atoms with van der Waals surface area (Å²) in [4.78, 5) is 40.2. The maximum atomic E-state index is 12.9. The Morgan fingerprint density at radius 2 is 1.85 bits per heavy atom. The highest BCUT2D eigenvalue weighted by Gasteiger charge is 2.49. The molecule has 0 spiro atoms. The van der Waals surface area contributed by atoms with Crippen LogP contribution in [0.3, 0.4) is 0 Å². The molecule has 1 aliphatic rings. The van der Waals surface area contributed by atoms with Gasteiger partial charge in [0.1, 0.15) is 12.1 Å². The van der Waals surface area contributed by atoms with Gasteiger partial charge in [0.2, 0.25) is 5.91 Å². The fourth-order valence-electron chi connectivity index (χ4n) is 2.98. The SMILES string of the molecule is Cc1ccc(C2(C)NC(=O)N(CC(=O)N(C)CCC(N)C(C)C)C2=O)cc1. The van der Waals surface area contributed by atoms with Crippen molar-refractivity contribution in [1.82, 2.24) is 15.1 Å². The summed E-state index contributed by atoms with van der Waals surface area (Å²) in [7, 11) is 1.66. The first-order valence-electron chi connectivity index (χ1n) is 9.27. The number of benzene rings is 1. The molecule has 0 aliphatic carbocycles. The second-order valence-corrected chi connectivity index (χ2v) is 7.82. The molecule has 1 heterocycles. The maximum Gasteiger partial charge on any atom is 0.325 e. The third-order valence-corrected chi connectivity index (χ3v) is 5.28. The predicted octanol–water partition coefficient (Wildman–Crippen LogP) is 1.59. The van der Waals surface area contributed by atoms with Gasteiger partial charge in [0.25, 0.3) is 5.91 Å². The van der Waals surface area contributed by atoms with Crippen LogP contribution in [0.2, 0.25) is 0 Å². The molecule has 0 saturated carbocycles. The van der Waals surface area contributed by atoms with E-state index in [1.54, 1.807) is 14.0 Å². The minimum Gasteiger partial charge on any atom is -0.344 e. The molecule has 0 radical (unpaired) electrons. The van der Waals surface area contributed by atoms with Gasteiger partial charge in [-0.25, -0.2) is 4.79 Å². The Hall–Kier alpha value is -2.41. The highest BCUT2D eigenvalue weighted by Crippen LogP contribution is 2.29. The lowest BCUT2D eigenvalue weighted by atomic mass is 9.91. The van der Waals surface area contributed by atoms with Crippen LogP contribution in [0.15, 0.2) is 24.3 Å². The predicted molar refractivity (Wildman–Crippen MR) is 104 cm³/mol. The molecule has 1 aliphatic heterocycles. The third-order valence-electron chi connectivity index (χ3n) is 5.28. The number of urea groups is 1. The van der Waals surface area contributed by atoms with E-state index in [2.05, 4.69) is 5.32 Å². The first-order chi connectivity index (χ1) is 12.6. The van der Waals surface area contributed by atoms with Crippen molar-refractivity contribution < 1.29 is 14.4 Å². The number of nitrogens with two attached hydrogens (primary N) is 1. The zero-order chi connectivity index (χ0) is 20.4. The van der Waals surface area contributed by atoms with E-state index in [0.717, 1.165) is 10.5 Å². The molecular formula is C20H30N4O3. The second kappa shape index (κ2) is 8.08. The zero-order valence-electron chi connectivity index (χ0n) is 16.8. The Bertz CT molecular complexity index is 716. The van der Waals surface area contributed by atoms with E-state index in [9.17, 15) is 14.4 Å². The van der Waals surface area contributed by atoms with E-state index < -0.39 is 17.5 Å². The van der Waals surface area contributed by atoms with Gasteiger partial charge in [-0.15, -0.1) is 0 Å². The van der Waals surface area contributed by atoms with Gasteiger partial charge >= 0.3 is 6.03 Å². The molecule has 0 aromatic heterocycles. The van der Waals surface area contributed by atoms with Crippen molar-refractivity contribution in [3.8, 4) is 0 Å². The third kappa shape index (κ3) is 4.47. The molecule has 27 heavy (non-hydrogen) atoms. The minimum absolute atomic E-state index is 0.00166. The average Bonchev–Trinajstić information content (AvgIpc) is 2.83. The number of amides is 4. The highest BCUT2D eigenvalue weighted by atomic mass is 16.2. The molecule has 0 bridgehead atoms. The van der Waals surface area contributed by atoms with Gasteiger partial charge in [-0.1, -0.05) is 43.7 Å². The van der Waals surface area contributed by atoms with Crippen LogP contribution in [-0.4, -0.2) is 53.8 Å². The first-order valence-corrected chi connectivity index (χ1v) is 9.27. The fraction of sp³-hybridized carbons (Fsp3) is 0.550. The zero-order valence-corrected chi connectivity index (χ0v) is 16.8. The molecule has 7 nitrogen and oxygen atoms in total. The average molecular weight is 374 g/mol. The summed E-state index contributed by atoms with van der Waals surface area (Å²) in [6.07, 6.45) is 0.668. The Morgan fingerprint density at radius 1 is 1.26 bits per heavy atom. The van der Waals surface area contributed by atoms with Crippen molar-refractivity contribution >= 4 is 17.8 Å². The summed E-state index contributed by atoms with van der Waals surface area (Å²) in [5, 5.41) is 2.72. The van der Waals surface area contributed by atoms with Crippen LogP contribution in [0.25, 0.3) is 0 Å². The van der Waals surface area contributed by atoms with Gasteiger partial charge in [0.15, 0.2) is 0 Å². The number of hydrogen-bond donors (Lipinski definition) is 2. The van der Waals surface area contributed by atoms with Crippen LogP contribution in [0.4, 0.5) is 4.79 Å². The molecule has 1 aromatic rings. The van der Waals surface area contributed by atoms with E-state index >= 15 is 0 Å². The van der Waals surface area contributed by atoms with Gasteiger partial charge in [-0.05, 0) is 31.7 Å². The number of carbonyl (C=O) groups excluding carboxylic acids is 3. The molecule has 7 heteroatoms. The molecule has 148 valence electrons. The molecule has 2 atom stereocenters. The van der Waals surface area contributed by atoms with Gasteiger partial charge in [0.05, 0.1) is 0 Å². The molecule has 1 aromatic carbocycles. The fourth-order valence-corrected chi connectivity index (χ4v) is 2.98. The number of aryl methyl sites for hydroxylation is 1. The van der Waals surface area contributed by atoms with E-state index in [1.165, 1.54) is 4.90 Å². The number of imide groups is 1. The van der Waals surface area contributed by atoms with E-state index in [-0.39, 0.29) is 18.5 Å². The van der Waals surface area contributed by atoms with Crippen LogP contribution in [0.5, 0.6) is 0 Å². The molecule has 1 saturated heterocycles. The maximum absolute atomic E-state index is 12.9. The number of nitrogens with zero attached hydrogens (tertiary/aromatic N) is 2. The molecule has 2 unspecified atom stereocenters. The largest absolute Gasteiger partial charge is 0.344 e. The topological polar surface area (TPSA) is 95.7 Å². The summed E-state index contributed by atoms with van der Waals surface area (Å²) >= 11 is 0. The van der Waals surface area contributed by atoms with Crippen molar-refractivity contribution in [3.63, 3.8) is 0 Å². The van der Waals surface area contributed by atoms with Crippen molar-refractivity contribution in [2.24, 2.45) is 11.7 Å². The molecule has 1 fully saturated rings. The van der Waals surface area contributed by atoms with Gasteiger partial charge in [-0.2, -0.15) is 0 Å². The highest BCUT2D eigenvalue weighted by molar-refractivity contribution is 6.09. The Kier molecular flexibility index (Phi) is 6.26. The van der Waals surface area contributed by atoms with Gasteiger partial charge < -0.3 is 16.0 Å². The van der Waals surface area contributed by atoms with Gasteiger partial charge in [-0.3, -0.25) is 14.5 Å². The lowest BCUT2D eigenvalue weighted by Crippen LogP contribution is -2.44. The number of likely N-dealkylation sites (N-methyl/N-ethyl adjacent to an activating group) is 1. The number of nitrogens with one attached hydrogen (secondary N) is 1. The Balaban J connectivity index is 2.04. The Morgan fingerprint density at radius 3 is 2.41 bits per heavy atom. The quantitative estimate of drug-likeness (QED) is 0.709. The van der Waals surface area contributed by atoms with Crippen LogP contribution in [-0.2, 0) is 15.1 Å². The van der Waals surface area contributed by atoms with Crippen molar-refractivity contribution in [2.45, 2.75) is 45.7 Å². The van der Waals surface area contributed by atoms with E-state index in [4.69, 9.17) is 5.73 Å². The van der Waals surface area contributed by atoms with Crippen LogP contribution in [0, 0.1) is 12.8 Å². The normalized spacial score (nSPS) is 20.8. The van der Waals surface area contributed by atoms with E-state index in [1.807, 2.05) is 45.0 Å². The molecule has 3 N–H and O–H groups in total. The smallest absolute Gasteiger partial charge is 0.325 e. The summed E-state index contributed by atoms with van der Waals surface area (Å²) < 4.78 is 0. The van der Waals surface area contributed by atoms with Gasteiger partial charge in [0, 0.05) is 19.6 Å². The number of rotatable bonds is 7. The summed E-state index contributed by atoms with van der Waals surface area (Å²) in [5.74, 6) is -0.380. The first kappa shape index (κ1) is 20.9. The minimum atomic E-state index is -1.16. The van der Waals surface area contributed by atoms with Crippen molar-refractivity contribution in [3.05, 3.63) is 35.4 Å². The van der Waals surface area contributed by atoms with Crippen LogP contribution in [0.1, 0.15) is 38.3 Å². The van der Waals surface area contributed by atoms with Crippen molar-refractivity contribution in [2.75, 3.05) is 20.1 Å². The van der Waals surface area contributed by atoms with Crippen molar-refractivity contribution in [1.29, 1.82) is 0 Å². The standard InChI is InChI=1S/C20H30N4O3/c1-13(2)16(21)10-11-23(5)17(25)12-24-18(26)20(4,22-19(24)27)15-8-6-14(3)7-9-15/h6-9,13,16H,10-12,21H2,1-5H3,(H,22,27). The molecule has 2 rings (SSSR count).